The fraction of sp³-hybridized carbons (Fsp3) is 0.333. The molecule has 1 aromatic carbocycles. The minimum absolute atomic E-state index is 0.0143. The lowest BCUT2D eigenvalue weighted by Crippen LogP contribution is -2.33. The van der Waals surface area contributed by atoms with Crippen LogP contribution in [0.25, 0.3) is 10.9 Å². The SMILES string of the molecule is COc1cc2c3c(cnc2c(Cl)c1Cl)CN(C(=O)CN)[C@H]3C. The highest BCUT2D eigenvalue weighted by atomic mass is 35.5. The lowest BCUT2D eigenvalue weighted by Gasteiger charge is -2.21. The highest BCUT2D eigenvalue weighted by Crippen LogP contribution is 2.43. The smallest absolute Gasteiger partial charge is 0.237 e. The number of carbonyl (C=O) groups excluding carboxylic acids is 1. The quantitative estimate of drug-likeness (QED) is 0.913. The van der Waals surface area contributed by atoms with E-state index in [2.05, 4.69) is 4.98 Å². The number of aromatic nitrogens is 1. The highest BCUT2D eigenvalue weighted by molar-refractivity contribution is 6.46. The number of halogens is 2. The predicted octanol–water partition coefficient (Wildman–Crippen LogP) is 2.91. The van der Waals surface area contributed by atoms with Crippen LogP contribution in [-0.2, 0) is 11.3 Å². The van der Waals surface area contributed by atoms with Crippen LogP contribution in [0, 0.1) is 0 Å². The molecular formula is C15H15Cl2N3O2. The van der Waals surface area contributed by atoms with Crippen molar-refractivity contribution in [3.63, 3.8) is 0 Å². The van der Waals surface area contributed by atoms with Crippen molar-refractivity contribution in [2.24, 2.45) is 5.73 Å². The Labute approximate surface area is 137 Å². The highest BCUT2D eigenvalue weighted by Gasteiger charge is 2.32. The molecule has 3 rings (SSSR count). The maximum absolute atomic E-state index is 12.0. The standard InChI is InChI=1S/C15H15Cl2N3O2/c1-7-12-8(6-20(7)11(21)4-18)5-19-15-9(12)3-10(22-2)13(16)14(15)17/h3,5,7H,4,6,18H2,1-2H3/t7-/m0/s1. The Bertz CT molecular complexity index is 779. The number of amides is 1. The van der Waals surface area contributed by atoms with Crippen LogP contribution in [-0.4, -0.2) is 29.4 Å². The number of rotatable bonds is 2. The molecule has 2 aromatic rings. The summed E-state index contributed by atoms with van der Waals surface area (Å²) >= 11 is 12.5. The fourth-order valence-electron chi connectivity index (χ4n) is 2.98. The van der Waals surface area contributed by atoms with Gasteiger partial charge < -0.3 is 15.4 Å². The third-order valence-electron chi connectivity index (χ3n) is 4.07. The number of hydrogen-bond donors (Lipinski definition) is 1. The molecule has 1 amide bonds. The number of methoxy groups -OCH3 is 1. The van der Waals surface area contributed by atoms with Crippen molar-refractivity contribution < 1.29 is 9.53 Å². The van der Waals surface area contributed by atoms with Gasteiger partial charge in [0.15, 0.2) is 0 Å². The van der Waals surface area contributed by atoms with Crippen LogP contribution >= 0.6 is 23.2 Å². The summed E-state index contributed by atoms with van der Waals surface area (Å²) in [5.74, 6) is 0.397. The van der Waals surface area contributed by atoms with E-state index in [0.29, 0.717) is 27.9 Å². The van der Waals surface area contributed by atoms with Crippen molar-refractivity contribution in [3.8, 4) is 5.75 Å². The van der Waals surface area contributed by atoms with Crippen LogP contribution in [0.2, 0.25) is 10.0 Å². The topological polar surface area (TPSA) is 68.5 Å². The normalized spacial score (nSPS) is 17.0. The van der Waals surface area contributed by atoms with Crippen LogP contribution in [0.1, 0.15) is 24.1 Å². The van der Waals surface area contributed by atoms with E-state index >= 15 is 0 Å². The van der Waals surface area contributed by atoms with Gasteiger partial charge >= 0.3 is 0 Å². The Morgan fingerprint density at radius 3 is 2.86 bits per heavy atom. The van der Waals surface area contributed by atoms with Gasteiger partial charge in [-0.25, -0.2) is 0 Å². The number of nitrogens with zero attached hydrogens (tertiary/aromatic N) is 2. The molecule has 22 heavy (non-hydrogen) atoms. The molecule has 1 aliphatic rings. The zero-order valence-electron chi connectivity index (χ0n) is 12.2. The molecule has 1 aliphatic heterocycles. The Hall–Kier alpha value is -1.56. The van der Waals surface area contributed by atoms with E-state index < -0.39 is 0 Å². The number of benzene rings is 1. The molecule has 0 saturated carbocycles. The molecule has 0 saturated heterocycles. The minimum Gasteiger partial charge on any atom is -0.495 e. The van der Waals surface area contributed by atoms with Gasteiger partial charge in [-0.15, -0.1) is 0 Å². The lowest BCUT2D eigenvalue weighted by molar-refractivity contribution is -0.131. The fourth-order valence-corrected chi connectivity index (χ4v) is 3.44. The first kappa shape index (κ1) is 15.3. The first-order valence-electron chi connectivity index (χ1n) is 6.82. The summed E-state index contributed by atoms with van der Waals surface area (Å²) in [6.45, 7) is 2.45. The zero-order chi connectivity index (χ0) is 16.0. The van der Waals surface area contributed by atoms with Crippen LogP contribution in [0.5, 0.6) is 5.75 Å². The van der Waals surface area contributed by atoms with E-state index in [9.17, 15) is 4.79 Å². The van der Waals surface area contributed by atoms with E-state index in [4.69, 9.17) is 33.7 Å². The average Bonchev–Trinajstić information content (AvgIpc) is 2.87. The minimum atomic E-state index is -0.0986. The molecule has 2 heterocycles. The molecule has 2 N–H and O–H groups in total. The molecule has 0 radical (unpaired) electrons. The number of pyridine rings is 1. The van der Waals surface area contributed by atoms with Gasteiger partial charge in [-0.05, 0) is 24.1 Å². The molecular weight excluding hydrogens is 325 g/mol. The van der Waals surface area contributed by atoms with Crippen molar-refractivity contribution in [3.05, 3.63) is 33.4 Å². The number of nitrogens with two attached hydrogens (primary N) is 1. The van der Waals surface area contributed by atoms with E-state index in [1.54, 1.807) is 11.1 Å². The van der Waals surface area contributed by atoms with Gasteiger partial charge in [0.2, 0.25) is 5.91 Å². The molecule has 1 aromatic heterocycles. The molecule has 0 spiro atoms. The van der Waals surface area contributed by atoms with Crippen LogP contribution < -0.4 is 10.5 Å². The Balaban J connectivity index is 2.25. The van der Waals surface area contributed by atoms with Crippen LogP contribution in [0.4, 0.5) is 0 Å². The van der Waals surface area contributed by atoms with Gasteiger partial charge in [-0.3, -0.25) is 9.78 Å². The Kier molecular flexibility index (Phi) is 3.89. The summed E-state index contributed by atoms with van der Waals surface area (Å²) in [6, 6.07) is 1.72. The monoisotopic (exact) mass is 339 g/mol. The van der Waals surface area contributed by atoms with Crippen molar-refractivity contribution in [2.45, 2.75) is 19.5 Å². The molecule has 116 valence electrons. The lowest BCUT2D eigenvalue weighted by atomic mass is 10.0. The summed E-state index contributed by atoms with van der Waals surface area (Å²) in [6.07, 6.45) is 1.74. The number of carbonyl (C=O) groups is 1. The van der Waals surface area contributed by atoms with Crippen molar-refractivity contribution in [1.82, 2.24) is 9.88 Å². The largest absolute Gasteiger partial charge is 0.495 e. The van der Waals surface area contributed by atoms with Gasteiger partial charge in [-0.2, -0.15) is 0 Å². The molecule has 0 fully saturated rings. The summed E-state index contributed by atoms with van der Waals surface area (Å²) in [5, 5.41) is 1.54. The molecule has 0 aliphatic carbocycles. The van der Waals surface area contributed by atoms with Crippen LogP contribution in [0.3, 0.4) is 0 Å². The predicted molar refractivity (Wildman–Crippen MR) is 86.3 cm³/mol. The molecule has 1 atom stereocenters. The summed E-state index contributed by atoms with van der Waals surface area (Å²) in [5.41, 5.74) is 8.10. The van der Waals surface area contributed by atoms with Gasteiger partial charge in [-0.1, -0.05) is 23.2 Å². The molecule has 7 heteroatoms. The van der Waals surface area contributed by atoms with Crippen molar-refractivity contribution >= 4 is 40.0 Å². The first-order valence-corrected chi connectivity index (χ1v) is 7.58. The van der Waals surface area contributed by atoms with E-state index in [0.717, 1.165) is 16.5 Å². The van der Waals surface area contributed by atoms with Crippen molar-refractivity contribution in [1.29, 1.82) is 0 Å². The maximum atomic E-state index is 12.0. The summed E-state index contributed by atoms with van der Waals surface area (Å²) in [7, 11) is 1.54. The van der Waals surface area contributed by atoms with Crippen LogP contribution in [0.15, 0.2) is 12.3 Å². The second kappa shape index (κ2) is 5.57. The van der Waals surface area contributed by atoms with Crippen molar-refractivity contribution in [2.75, 3.05) is 13.7 Å². The number of fused-ring (bicyclic) bond motifs is 3. The third-order valence-corrected chi connectivity index (χ3v) is 4.91. The van der Waals surface area contributed by atoms with Gasteiger partial charge in [0.05, 0.1) is 30.2 Å². The van der Waals surface area contributed by atoms with E-state index in [-0.39, 0.29) is 18.5 Å². The Morgan fingerprint density at radius 2 is 2.23 bits per heavy atom. The molecule has 0 bridgehead atoms. The second-order valence-electron chi connectivity index (χ2n) is 5.20. The summed E-state index contributed by atoms with van der Waals surface area (Å²) < 4.78 is 5.28. The molecule has 5 nitrogen and oxygen atoms in total. The Morgan fingerprint density at radius 1 is 1.50 bits per heavy atom. The zero-order valence-corrected chi connectivity index (χ0v) is 13.7. The van der Waals surface area contributed by atoms with E-state index in [1.165, 1.54) is 7.11 Å². The number of ether oxygens (including phenoxy) is 1. The second-order valence-corrected chi connectivity index (χ2v) is 5.96. The maximum Gasteiger partial charge on any atom is 0.237 e. The number of hydrogen-bond acceptors (Lipinski definition) is 4. The van der Waals surface area contributed by atoms with E-state index in [1.807, 2.05) is 13.0 Å². The van der Waals surface area contributed by atoms with Gasteiger partial charge in [0.25, 0.3) is 0 Å². The first-order chi connectivity index (χ1) is 10.5. The van der Waals surface area contributed by atoms with Gasteiger partial charge in [0.1, 0.15) is 10.8 Å². The third kappa shape index (κ3) is 2.12. The average molecular weight is 340 g/mol. The van der Waals surface area contributed by atoms with Gasteiger partial charge in [0, 0.05) is 18.1 Å². The summed E-state index contributed by atoms with van der Waals surface area (Å²) in [4.78, 5) is 18.1. The molecule has 0 unspecified atom stereocenters.